The molecule has 1 saturated carbocycles. The number of halogens is 3. The maximum atomic E-state index is 12.4. The van der Waals surface area contributed by atoms with Gasteiger partial charge >= 0.3 is 12.2 Å². The average Bonchev–Trinajstić information content (AvgIpc) is 3.23. The summed E-state index contributed by atoms with van der Waals surface area (Å²) in [6, 6.07) is 3.50. The minimum Gasteiger partial charge on any atom is -0.492 e. The van der Waals surface area contributed by atoms with Gasteiger partial charge in [-0.2, -0.15) is 13.2 Å². The molecular weight excluding hydrogens is 315 g/mol. The van der Waals surface area contributed by atoms with E-state index >= 15 is 0 Å². The first-order valence-electron chi connectivity index (χ1n) is 6.89. The summed E-state index contributed by atoms with van der Waals surface area (Å²) in [5.74, 6) is -0.0871. The van der Waals surface area contributed by atoms with Gasteiger partial charge in [-0.25, -0.2) is 4.79 Å². The van der Waals surface area contributed by atoms with E-state index in [4.69, 9.17) is 10.5 Å². The van der Waals surface area contributed by atoms with Crippen molar-refractivity contribution in [3.63, 3.8) is 0 Å². The summed E-state index contributed by atoms with van der Waals surface area (Å²) in [6.45, 7) is 0.242. The van der Waals surface area contributed by atoms with E-state index < -0.39 is 23.3 Å². The molecule has 0 atom stereocenters. The second-order valence-corrected chi connectivity index (χ2v) is 5.20. The van der Waals surface area contributed by atoms with E-state index in [2.05, 4.69) is 10.6 Å². The number of benzene rings is 1. The summed E-state index contributed by atoms with van der Waals surface area (Å²) in [5, 5.41) is 4.97. The maximum absolute atomic E-state index is 12.4. The molecule has 6 nitrogen and oxygen atoms in total. The quantitative estimate of drug-likeness (QED) is 0.688. The van der Waals surface area contributed by atoms with Crippen molar-refractivity contribution in [2.45, 2.75) is 24.6 Å². The highest BCUT2D eigenvalue weighted by atomic mass is 19.4. The number of hydrogen-bond donors (Lipinski definition) is 3. The van der Waals surface area contributed by atoms with Crippen molar-refractivity contribution < 1.29 is 27.5 Å². The third-order valence-electron chi connectivity index (χ3n) is 3.39. The van der Waals surface area contributed by atoms with Gasteiger partial charge in [0, 0.05) is 0 Å². The number of hydrogen-bond acceptors (Lipinski definition) is 3. The van der Waals surface area contributed by atoms with E-state index in [0.717, 1.165) is 12.1 Å². The van der Waals surface area contributed by atoms with Gasteiger partial charge < -0.3 is 21.1 Å². The molecular formula is C14H16F3N3O3. The molecule has 1 fully saturated rings. The Hall–Kier alpha value is -2.45. The van der Waals surface area contributed by atoms with Gasteiger partial charge in [0.15, 0.2) is 0 Å². The zero-order chi connectivity index (χ0) is 17.1. The number of alkyl halides is 3. The van der Waals surface area contributed by atoms with Crippen LogP contribution in [0.2, 0.25) is 0 Å². The third kappa shape index (κ3) is 4.51. The molecule has 1 aliphatic rings. The van der Waals surface area contributed by atoms with Crippen molar-refractivity contribution in [1.82, 2.24) is 10.6 Å². The molecule has 0 aliphatic heterocycles. The SMILES string of the molecule is NC(=O)NC1(C(=O)NCCOc2ccc(C(F)(F)F)cc2)CC1. The van der Waals surface area contributed by atoms with Crippen LogP contribution in [0.1, 0.15) is 18.4 Å². The highest BCUT2D eigenvalue weighted by Crippen LogP contribution is 2.35. The van der Waals surface area contributed by atoms with E-state index in [-0.39, 0.29) is 24.8 Å². The number of amides is 3. The van der Waals surface area contributed by atoms with Gasteiger partial charge in [0.05, 0.1) is 12.1 Å². The maximum Gasteiger partial charge on any atom is 0.416 e. The van der Waals surface area contributed by atoms with Crippen molar-refractivity contribution in [2.24, 2.45) is 5.73 Å². The number of nitrogens with two attached hydrogens (primary N) is 1. The van der Waals surface area contributed by atoms with Crippen molar-refractivity contribution in [3.8, 4) is 5.75 Å². The Morgan fingerprint density at radius 2 is 1.83 bits per heavy atom. The lowest BCUT2D eigenvalue weighted by atomic mass is 10.2. The van der Waals surface area contributed by atoms with E-state index in [0.29, 0.717) is 12.8 Å². The van der Waals surface area contributed by atoms with Gasteiger partial charge in [0.1, 0.15) is 17.9 Å². The minimum atomic E-state index is -4.39. The van der Waals surface area contributed by atoms with Crippen molar-refractivity contribution in [2.75, 3.05) is 13.2 Å². The lowest BCUT2D eigenvalue weighted by molar-refractivity contribution is -0.137. The second kappa shape index (κ2) is 6.35. The Morgan fingerprint density at radius 3 is 2.30 bits per heavy atom. The van der Waals surface area contributed by atoms with Gasteiger partial charge in [-0.1, -0.05) is 0 Å². The molecule has 0 radical (unpaired) electrons. The van der Waals surface area contributed by atoms with Gasteiger partial charge in [0.25, 0.3) is 0 Å². The molecule has 9 heteroatoms. The summed E-state index contributed by atoms with van der Waals surface area (Å²) < 4.78 is 42.4. The van der Waals surface area contributed by atoms with Crippen LogP contribution >= 0.6 is 0 Å². The highest BCUT2D eigenvalue weighted by molar-refractivity contribution is 5.93. The normalized spacial score (nSPS) is 15.6. The van der Waals surface area contributed by atoms with E-state index in [1.807, 2.05) is 0 Å². The Morgan fingerprint density at radius 1 is 1.22 bits per heavy atom. The molecule has 0 aromatic heterocycles. The zero-order valence-electron chi connectivity index (χ0n) is 12.1. The molecule has 4 N–H and O–H groups in total. The predicted octanol–water partition coefficient (Wildman–Crippen LogP) is 1.40. The van der Waals surface area contributed by atoms with Crippen LogP contribution in [0.25, 0.3) is 0 Å². The molecule has 3 amide bonds. The summed E-state index contributed by atoms with van der Waals surface area (Å²) in [6.07, 6.45) is -3.36. The van der Waals surface area contributed by atoms with Crippen LogP contribution in [0.5, 0.6) is 5.75 Å². The molecule has 2 rings (SSSR count). The fourth-order valence-corrected chi connectivity index (χ4v) is 2.01. The molecule has 1 aromatic rings. The van der Waals surface area contributed by atoms with Crippen LogP contribution in [-0.2, 0) is 11.0 Å². The van der Waals surface area contributed by atoms with Gasteiger partial charge in [-0.15, -0.1) is 0 Å². The fraction of sp³-hybridized carbons (Fsp3) is 0.429. The molecule has 0 bridgehead atoms. The minimum absolute atomic E-state index is 0.0871. The zero-order valence-corrected chi connectivity index (χ0v) is 12.1. The summed E-state index contributed by atoms with van der Waals surface area (Å²) >= 11 is 0. The van der Waals surface area contributed by atoms with Crippen molar-refractivity contribution >= 4 is 11.9 Å². The second-order valence-electron chi connectivity index (χ2n) is 5.20. The van der Waals surface area contributed by atoms with E-state index in [1.54, 1.807) is 0 Å². The number of carbonyl (C=O) groups is 2. The molecule has 1 aliphatic carbocycles. The standard InChI is InChI=1S/C14H16F3N3O3/c15-14(16,17)9-1-3-10(4-2-9)23-8-7-19-11(21)13(5-6-13)20-12(18)22/h1-4H,5-8H2,(H,19,21)(H3,18,20,22). The molecule has 0 unspecified atom stereocenters. The molecule has 0 spiro atoms. The van der Waals surface area contributed by atoms with E-state index in [9.17, 15) is 22.8 Å². The average molecular weight is 331 g/mol. The van der Waals surface area contributed by atoms with Gasteiger partial charge in [-0.05, 0) is 37.1 Å². The fourth-order valence-electron chi connectivity index (χ4n) is 2.01. The molecule has 126 valence electrons. The van der Waals surface area contributed by atoms with Crippen molar-refractivity contribution in [3.05, 3.63) is 29.8 Å². The van der Waals surface area contributed by atoms with E-state index in [1.165, 1.54) is 12.1 Å². The molecule has 0 heterocycles. The molecule has 0 saturated heterocycles. The van der Waals surface area contributed by atoms with Crippen LogP contribution in [0, 0.1) is 0 Å². The Labute approximate surface area is 130 Å². The number of primary amides is 1. The van der Waals surface area contributed by atoms with Crippen LogP contribution in [0.4, 0.5) is 18.0 Å². The Balaban J connectivity index is 1.73. The third-order valence-corrected chi connectivity index (χ3v) is 3.39. The number of ether oxygens (including phenoxy) is 1. The first-order chi connectivity index (χ1) is 10.7. The van der Waals surface area contributed by atoms with Crippen molar-refractivity contribution in [1.29, 1.82) is 0 Å². The lowest BCUT2D eigenvalue weighted by Gasteiger charge is -2.16. The van der Waals surface area contributed by atoms with Gasteiger partial charge in [0.2, 0.25) is 5.91 Å². The first-order valence-corrected chi connectivity index (χ1v) is 6.89. The number of rotatable bonds is 6. The number of carbonyl (C=O) groups excluding carboxylic acids is 2. The Bertz CT molecular complexity index is 583. The lowest BCUT2D eigenvalue weighted by Crippen LogP contribution is -2.51. The monoisotopic (exact) mass is 331 g/mol. The van der Waals surface area contributed by atoms with Crippen LogP contribution in [0.15, 0.2) is 24.3 Å². The largest absolute Gasteiger partial charge is 0.492 e. The predicted molar refractivity (Wildman–Crippen MR) is 74.6 cm³/mol. The summed E-state index contributed by atoms with van der Waals surface area (Å²) in [7, 11) is 0. The number of nitrogens with one attached hydrogen (secondary N) is 2. The smallest absolute Gasteiger partial charge is 0.416 e. The molecule has 23 heavy (non-hydrogen) atoms. The molecule has 1 aromatic carbocycles. The topological polar surface area (TPSA) is 93.5 Å². The van der Waals surface area contributed by atoms with Crippen LogP contribution in [-0.4, -0.2) is 30.6 Å². The first kappa shape index (κ1) is 16.9. The van der Waals surface area contributed by atoms with Crippen LogP contribution in [0.3, 0.4) is 0 Å². The summed E-state index contributed by atoms with van der Waals surface area (Å²) in [4.78, 5) is 22.7. The van der Waals surface area contributed by atoms with Gasteiger partial charge in [-0.3, -0.25) is 4.79 Å². The number of urea groups is 1. The van der Waals surface area contributed by atoms with Crippen LogP contribution < -0.4 is 21.1 Å². The summed E-state index contributed by atoms with van der Waals surface area (Å²) in [5.41, 5.74) is 3.31. The Kier molecular flexibility index (Phi) is 4.67. The highest BCUT2D eigenvalue weighted by Gasteiger charge is 2.50.